The van der Waals surface area contributed by atoms with Gasteiger partial charge < -0.3 is 10.4 Å². The summed E-state index contributed by atoms with van der Waals surface area (Å²) in [5, 5.41) is 12.0. The Balaban J connectivity index is 2.82. The van der Waals surface area contributed by atoms with Gasteiger partial charge in [0.15, 0.2) is 0 Å². The van der Waals surface area contributed by atoms with Crippen molar-refractivity contribution in [3.05, 3.63) is 0 Å². The third-order valence-electron chi connectivity index (χ3n) is 3.29. The maximum Gasteiger partial charge on any atom is 0.327 e. The van der Waals surface area contributed by atoms with E-state index < -0.39 is 12.0 Å². The summed E-state index contributed by atoms with van der Waals surface area (Å²) in [6.07, 6.45) is 1.56. The van der Waals surface area contributed by atoms with Gasteiger partial charge in [0.1, 0.15) is 6.04 Å². The van der Waals surface area contributed by atoms with E-state index in [4.69, 9.17) is 5.11 Å². The van der Waals surface area contributed by atoms with Crippen molar-refractivity contribution in [1.29, 1.82) is 0 Å². The number of amides is 2. The topological polar surface area (TPSA) is 69.6 Å². The van der Waals surface area contributed by atoms with Crippen molar-refractivity contribution in [1.82, 2.24) is 10.2 Å². The lowest BCUT2D eigenvalue weighted by molar-refractivity contribution is -0.141. The molecule has 1 fully saturated rings. The van der Waals surface area contributed by atoms with Gasteiger partial charge in [-0.05, 0) is 26.7 Å². The van der Waals surface area contributed by atoms with E-state index >= 15 is 0 Å². The van der Waals surface area contributed by atoms with Gasteiger partial charge in [-0.1, -0.05) is 13.8 Å². The Morgan fingerprint density at radius 2 is 2.06 bits per heavy atom. The molecule has 104 valence electrons. The van der Waals surface area contributed by atoms with Crippen LogP contribution in [-0.4, -0.2) is 44.7 Å². The second-order valence-electron chi connectivity index (χ2n) is 5.13. The molecule has 1 aliphatic heterocycles. The van der Waals surface area contributed by atoms with Gasteiger partial charge in [-0.15, -0.1) is 11.8 Å². The predicted octanol–water partition coefficient (Wildman–Crippen LogP) is 2.12. The number of nitrogens with zero attached hydrogens (tertiary/aromatic N) is 1. The smallest absolute Gasteiger partial charge is 0.327 e. The van der Waals surface area contributed by atoms with E-state index in [0.717, 1.165) is 12.8 Å². The maximum atomic E-state index is 12.2. The summed E-state index contributed by atoms with van der Waals surface area (Å²) in [7, 11) is 0. The first kappa shape index (κ1) is 15.1. The third kappa shape index (κ3) is 3.31. The minimum atomic E-state index is -0.928. The SMILES string of the molecule is CCC1SCC(C(=O)O)N1C(=O)NC(C)(C)CC. The zero-order chi connectivity index (χ0) is 13.9. The Kier molecular flexibility index (Phi) is 4.90. The van der Waals surface area contributed by atoms with Crippen molar-refractivity contribution < 1.29 is 14.7 Å². The van der Waals surface area contributed by atoms with Crippen LogP contribution < -0.4 is 5.32 Å². The van der Waals surface area contributed by atoms with Crippen LogP contribution in [0.1, 0.15) is 40.5 Å². The van der Waals surface area contributed by atoms with Crippen LogP contribution in [0.25, 0.3) is 0 Å². The molecule has 0 bridgehead atoms. The normalized spacial score (nSPS) is 24.1. The quantitative estimate of drug-likeness (QED) is 0.824. The van der Waals surface area contributed by atoms with E-state index in [-0.39, 0.29) is 16.9 Å². The molecule has 2 N–H and O–H groups in total. The monoisotopic (exact) mass is 274 g/mol. The summed E-state index contributed by atoms with van der Waals surface area (Å²) < 4.78 is 0. The summed E-state index contributed by atoms with van der Waals surface area (Å²) in [6.45, 7) is 7.83. The van der Waals surface area contributed by atoms with Gasteiger partial charge in [-0.2, -0.15) is 0 Å². The number of urea groups is 1. The highest BCUT2D eigenvalue weighted by Crippen LogP contribution is 2.31. The van der Waals surface area contributed by atoms with Gasteiger partial charge in [-0.3, -0.25) is 4.90 Å². The molecule has 1 rings (SSSR count). The second-order valence-corrected chi connectivity index (χ2v) is 6.34. The first-order valence-corrected chi connectivity index (χ1v) is 7.32. The number of carboxylic acid groups (broad SMARTS) is 1. The highest BCUT2D eigenvalue weighted by molar-refractivity contribution is 8.00. The van der Waals surface area contributed by atoms with E-state index in [0.29, 0.717) is 5.75 Å². The molecule has 6 heteroatoms. The van der Waals surface area contributed by atoms with Gasteiger partial charge in [0.05, 0.1) is 5.37 Å². The number of nitrogens with one attached hydrogen (secondary N) is 1. The summed E-state index contributed by atoms with van der Waals surface area (Å²) in [5.41, 5.74) is -0.314. The first-order chi connectivity index (χ1) is 8.32. The fourth-order valence-corrected chi connectivity index (χ4v) is 3.13. The van der Waals surface area contributed by atoms with E-state index in [9.17, 15) is 9.59 Å². The lowest BCUT2D eigenvalue weighted by Crippen LogP contribution is -2.55. The van der Waals surface area contributed by atoms with Crippen LogP contribution in [-0.2, 0) is 4.79 Å². The Morgan fingerprint density at radius 3 is 2.50 bits per heavy atom. The molecule has 5 nitrogen and oxygen atoms in total. The zero-order valence-corrected chi connectivity index (χ0v) is 12.2. The number of hydrogen-bond acceptors (Lipinski definition) is 3. The van der Waals surface area contributed by atoms with Crippen LogP contribution in [0.4, 0.5) is 4.79 Å². The Bertz CT molecular complexity index is 333. The lowest BCUT2D eigenvalue weighted by atomic mass is 10.0. The van der Waals surface area contributed by atoms with Crippen LogP contribution >= 0.6 is 11.8 Å². The Hall–Kier alpha value is -0.910. The number of rotatable bonds is 4. The van der Waals surface area contributed by atoms with Gasteiger partial charge in [0, 0.05) is 11.3 Å². The molecule has 0 spiro atoms. The van der Waals surface area contributed by atoms with E-state index in [1.54, 1.807) is 0 Å². The highest BCUT2D eigenvalue weighted by Gasteiger charge is 2.41. The fourth-order valence-electron chi connectivity index (χ4n) is 1.78. The van der Waals surface area contributed by atoms with Crippen molar-refractivity contribution in [2.75, 3.05) is 5.75 Å². The Morgan fingerprint density at radius 1 is 1.44 bits per heavy atom. The molecule has 18 heavy (non-hydrogen) atoms. The molecular weight excluding hydrogens is 252 g/mol. The second kappa shape index (κ2) is 5.82. The van der Waals surface area contributed by atoms with Crippen molar-refractivity contribution in [2.45, 2.75) is 57.5 Å². The minimum absolute atomic E-state index is 0.0428. The zero-order valence-electron chi connectivity index (χ0n) is 11.4. The van der Waals surface area contributed by atoms with E-state index in [1.807, 2.05) is 27.7 Å². The average Bonchev–Trinajstić information content (AvgIpc) is 2.72. The first-order valence-electron chi connectivity index (χ1n) is 6.27. The number of thioether (sulfide) groups is 1. The summed E-state index contributed by atoms with van der Waals surface area (Å²) in [6, 6.07) is -0.987. The van der Waals surface area contributed by atoms with Crippen molar-refractivity contribution in [3.63, 3.8) is 0 Å². The van der Waals surface area contributed by atoms with Crippen LogP contribution in [0.2, 0.25) is 0 Å². The number of aliphatic carboxylic acids is 1. The number of carbonyl (C=O) groups is 2. The third-order valence-corrected chi connectivity index (χ3v) is 4.74. The fraction of sp³-hybridized carbons (Fsp3) is 0.833. The number of hydrogen-bond donors (Lipinski definition) is 2. The number of carbonyl (C=O) groups excluding carboxylic acids is 1. The molecule has 0 saturated carbocycles. The molecule has 1 saturated heterocycles. The highest BCUT2D eigenvalue weighted by atomic mass is 32.2. The lowest BCUT2D eigenvalue weighted by Gasteiger charge is -2.32. The van der Waals surface area contributed by atoms with Gasteiger partial charge in [0.2, 0.25) is 0 Å². The molecule has 0 aromatic rings. The maximum absolute atomic E-state index is 12.2. The molecular formula is C12H22N2O3S. The number of carboxylic acids is 1. The molecule has 0 aliphatic carbocycles. The van der Waals surface area contributed by atoms with Gasteiger partial charge >= 0.3 is 12.0 Å². The van der Waals surface area contributed by atoms with Crippen LogP contribution in [0.3, 0.4) is 0 Å². The van der Waals surface area contributed by atoms with E-state index in [1.165, 1.54) is 16.7 Å². The van der Waals surface area contributed by atoms with Crippen molar-refractivity contribution in [3.8, 4) is 0 Å². The molecule has 1 heterocycles. The average molecular weight is 274 g/mol. The molecule has 0 aromatic carbocycles. The van der Waals surface area contributed by atoms with Gasteiger partial charge in [0.25, 0.3) is 0 Å². The molecule has 2 atom stereocenters. The summed E-state index contributed by atoms with van der Waals surface area (Å²) in [5.74, 6) is -0.462. The van der Waals surface area contributed by atoms with Crippen molar-refractivity contribution >= 4 is 23.8 Å². The summed E-state index contributed by atoms with van der Waals surface area (Å²) in [4.78, 5) is 24.9. The standard InChI is InChI=1S/C12H22N2O3S/c1-5-9-14(8(7-18-9)10(15)16)11(17)13-12(3,4)6-2/h8-9H,5-7H2,1-4H3,(H,13,17)(H,15,16). The molecule has 1 aliphatic rings. The van der Waals surface area contributed by atoms with Crippen molar-refractivity contribution in [2.24, 2.45) is 0 Å². The molecule has 2 amide bonds. The predicted molar refractivity (Wildman–Crippen MR) is 72.7 cm³/mol. The van der Waals surface area contributed by atoms with E-state index in [2.05, 4.69) is 5.32 Å². The largest absolute Gasteiger partial charge is 0.480 e. The molecule has 0 aromatic heterocycles. The van der Waals surface area contributed by atoms with Crippen LogP contribution in [0, 0.1) is 0 Å². The molecule has 0 radical (unpaired) electrons. The van der Waals surface area contributed by atoms with Crippen LogP contribution in [0.5, 0.6) is 0 Å². The van der Waals surface area contributed by atoms with Gasteiger partial charge in [-0.25, -0.2) is 9.59 Å². The minimum Gasteiger partial charge on any atom is -0.480 e. The Labute approximate surface area is 112 Å². The summed E-state index contributed by atoms with van der Waals surface area (Å²) >= 11 is 1.53. The van der Waals surface area contributed by atoms with Crippen LogP contribution in [0.15, 0.2) is 0 Å². The molecule has 2 unspecified atom stereocenters.